The van der Waals surface area contributed by atoms with Crippen molar-refractivity contribution >= 4 is 50.7 Å². The summed E-state index contributed by atoms with van der Waals surface area (Å²) in [7, 11) is -1.35. The summed E-state index contributed by atoms with van der Waals surface area (Å²) >= 11 is 12.3. The highest BCUT2D eigenvalue weighted by Crippen LogP contribution is 2.34. The first-order valence-corrected chi connectivity index (χ1v) is 15.2. The van der Waals surface area contributed by atoms with Crippen LogP contribution >= 0.6 is 23.2 Å². The van der Waals surface area contributed by atoms with Gasteiger partial charge in [0.1, 0.15) is 12.6 Å². The van der Waals surface area contributed by atoms with Crippen LogP contribution < -0.4 is 19.1 Å². The summed E-state index contributed by atoms with van der Waals surface area (Å²) in [5.74, 6) is -0.355. The van der Waals surface area contributed by atoms with Crippen molar-refractivity contribution in [2.75, 3.05) is 25.1 Å². The average Bonchev–Trinajstić information content (AvgIpc) is 2.95. The van der Waals surface area contributed by atoms with Crippen LogP contribution in [0.3, 0.4) is 0 Å². The second kappa shape index (κ2) is 13.7. The number of ether oxygens (including phenoxy) is 2. The van der Waals surface area contributed by atoms with Crippen LogP contribution in [-0.2, 0) is 26.2 Å². The van der Waals surface area contributed by atoms with Gasteiger partial charge < -0.3 is 19.7 Å². The zero-order valence-electron chi connectivity index (χ0n) is 24.4. The summed E-state index contributed by atoms with van der Waals surface area (Å²) in [5, 5.41) is 3.51. The van der Waals surface area contributed by atoms with Crippen molar-refractivity contribution in [2.45, 2.75) is 50.7 Å². The number of carbonyl (C=O) groups excluding carboxylic acids is 2. The van der Waals surface area contributed by atoms with Gasteiger partial charge in [-0.15, -0.1) is 0 Å². The summed E-state index contributed by atoms with van der Waals surface area (Å²) < 4.78 is 39.6. The second-order valence-electron chi connectivity index (χ2n) is 10.5. The molecule has 9 nitrogen and oxygen atoms in total. The maximum atomic E-state index is 14.1. The molecule has 0 aliphatic carbocycles. The highest BCUT2D eigenvalue weighted by molar-refractivity contribution is 7.92. The number of carbonyl (C=O) groups is 2. The van der Waals surface area contributed by atoms with Gasteiger partial charge in [0, 0.05) is 18.2 Å². The van der Waals surface area contributed by atoms with E-state index in [4.69, 9.17) is 32.7 Å². The third-order valence-corrected chi connectivity index (χ3v) is 8.79. The monoisotopic (exact) mass is 635 g/mol. The molecule has 0 saturated heterocycles. The Kier molecular flexibility index (Phi) is 10.8. The molecule has 0 aromatic heterocycles. The maximum Gasteiger partial charge on any atom is 0.264 e. The lowest BCUT2D eigenvalue weighted by molar-refractivity contribution is -0.140. The molecule has 42 heavy (non-hydrogen) atoms. The lowest BCUT2D eigenvalue weighted by atomic mass is 10.1. The first kappa shape index (κ1) is 33.0. The van der Waals surface area contributed by atoms with Gasteiger partial charge in [-0.2, -0.15) is 0 Å². The van der Waals surface area contributed by atoms with Crippen molar-refractivity contribution in [1.82, 2.24) is 10.2 Å². The minimum Gasteiger partial charge on any atom is -0.493 e. The smallest absolute Gasteiger partial charge is 0.264 e. The highest BCUT2D eigenvalue weighted by atomic mass is 35.5. The second-order valence-corrected chi connectivity index (χ2v) is 13.2. The average molecular weight is 637 g/mol. The Labute approximate surface area is 257 Å². The van der Waals surface area contributed by atoms with Crippen molar-refractivity contribution in [3.05, 3.63) is 82.3 Å². The molecule has 2 amide bonds. The number of hydrogen-bond acceptors (Lipinski definition) is 6. The molecule has 0 heterocycles. The Morgan fingerprint density at radius 2 is 1.55 bits per heavy atom. The lowest BCUT2D eigenvalue weighted by Gasteiger charge is -2.33. The molecule has 0 bridgehead atoms. The molecule has 12 heteroatoms. The first-order chi connectivity index (χ1) is 19.7. The quantitative estimate of drug-likeness (QED) is 0.297. The minimum atomic E-state index is -4.24. The molecule has 0 unspecified atom stereocenters. The summed E-state index contributed by atoms with van der Waals surface area (Å²) in [4.78, 5) is 28.6. The Morgan fingerprint density at radius 3 is 2.12 bits per heavy atom. The van der Waals surface area contributed by atoms with Gasteiger partial charge in [0.05, 0.1) is 34.8 Å². The number of amides is 2. The third kappa shape index (κ3) is 8.08. The minimum absolute atomic E-state index is 0.0119. The standard InChI is InChI=1S/C30H35Cl2N3O6S/c1-20(29(37)33-30(2,3)4)34(18-21-12-14-24(31)25(32)16-21)28(36)19-35(42(38,39)23-10-8-7-9-11-23)22-13-15-26(40-5)27(17-22)41-6/h7-17,20H,18-19H2,1-6H3,(H,33,37)/t20-/m0/s1. The van der Waals surface area contributed by atoms with E-state index < -0.39 is 40.0 Å². The van der Waals surface area contributed by atoms with E-state index in [0.717, 1.165) is 4.31 Å². The molecule has 0 spiro atoms. The molecular weight excluding hydrogens is 601 g/mol. The third-order valence-electron chi connectivity index (χ3n) is 6.27. The molecule has 1 N–H and O–H groups in total. The van der Waals surface area contributed by atoms with E-state index in [9.17, 15) is 18.0 Å². The fraction of sp³-hybridized carbons (Fsp3) is 0.333. The molecule has 226 valence electrons. The number of benzene rings is 3. The van der Waals surface area contributed by atoms with Gasteiger partial charge in [-0.3, -0.25) is 13.9 Å². The van der Waals surface area contributed by atoms with Crippen molar-refractivity contribution < 1.29 is 27.5 Å². The lowest BCUT2D eigenvalue weighted by Crippen LogP contribution is -2.54. The van der Waals surface area contributed by atoms with Crippen LogP contribution in [0.1, 0.15) is 33.3 Å². The Hall–Kier alpha value is -3.47. The van der Waals surface area contributed by atoms with E-state index in [1.165, 1.54) is 43.4 Å². The molecule has 0 aliphatic rings. The van der Waals surface area contributed by atoms with E-state index >= 15 is 0 Å². The number of nitrogens with zero attached hydrogens (tertiary/aromatic N) is 2. The number of nitrogens with one attached hydrogen (secondary N) is 1. The molecular formula is C30H35Cl2N3O6S. The number of methoxy groups -OCH3 is 2. The number of hydrogen-bond donors (Lipinski definition) is 1. The van der Waals surface area contributed by atoms with Crippen LogP contribution in [0.4, 0.5) is 5.69 Å². The van der Waals surface area contributed by atoms with E-state index in [-0.39, 0.29) is 27.9 Å². The molecule has 0 radical (unpaired) electrons. The zero-order chi connectivity index (χ0) is 31.2. The molecule has 1 atom stereocenters. The van der Waals surface area contributed by atoms with Gasteiger partial charge in [-0.05, 0) is 69.7 Å². The maximum absolute atomic E-state index is 14.1. The zero-order valence-corrected chi connectivity index (χ0v) is 26.7. The molecule has 3 aromatic rings. The fourth-order valence-electron chi connectivity index (χ4n) is 4.12. The largest absolute Gasteiger partial charge is 0.493 e. The van der Waals surface area contributed by atoms with Crippen molar-refractivity contribution in [1.29, 1.82) is 0 Å². The number of sulfonamides is 1. The number of rotatable bonds is 11. The Morgan fingerprint density at radius 1 is 0.905 bits per heavy atom. The first-order valence-electron chi connectivity index (χ1n) is 13.0. The molecule has 0 aliphatic heterocycles. The molecule has 0 saturated carbocycles. The van der Waals surface area contributed by atoms with E-state index in [1.807, 2.05) is 20.8 Å². The fourth-order valence-corrected chi connectivity index (χ4v) is 5.87. The normalized spacial score (nSPS) is 12.3. The van der Waals surface area contributed by atoms with Crippen LogP contribution in [0.15, 0.2) is 71.6 Å². The summed E-state index contributed by atoms with van der Waals surface area (Å²) in [6.45, 7) is 6.43. The van der Waals surface area contributed by atoms with Gasteiger partial charge in [0.15, 0.2) is 11.5 Å². The van der Waals surface area contributed by atoms with Gasteiger partial charge >= 0.3 is 0 Å². The Balaban J connectivity index is 2.10. The number of anilines is 1. The molecule has 0 fully saturated rings. The van der Waals surface area contributed by atoms with Gasteiger partial charge in [0.2, 0.25) is 11.8 Å². The summed E-state index contributed by atoms with van der Waals surface area (Å²) in [6, 6.07) is 16.3. The summed E-state index contributed by atoms with van der Waals surface area (Å²) in [5.41, 5.74) is 0.217. The van der Waals surface area contributed by atoms with Crippen molar-refractivity contribution in [3.63, 3.8) is 0 Å². The Bertz CT molecular complexity index is 1530. The van der Waals surface area contributed by atoms with Gasteiger partial charge in [0.25, 0.3) is 10.0 Å². The highest BCUT2D eigenvalue weighted by Gasteiger charge is 2.33. The molecule has 3 aromatic carbocycles. The van der Waals surface area contributed by atoms with Crippen LogP contribution in [-0.4, -0.2) is 57.5 Å². The van der Waals surface area contributed by atoms with E-state index in [1.54, 1.807) is 49.4 Å². The van der Waals surface area contributed by atoms with Crippen molar-refractivity contribution in [3.8, 4) is 11.5 Å². The van der Waals surface area contributed by atoms with Crippen molar-refractivity contribution in [2.24, 2.45) is 0 Å². The number of halogens is 2. The van der Waals surface area contributed by atoms with E-state index in [2.05, 4.69) is 5.32 Å². The van der Waals surface area contributed by atoms with Gasteiger partial charge in [-0.25, -0.2) is 8.42 Å². The van der Waals surface area contributed by atoms with Crippen LogP contribution in [0.2, 0.25) is 10.0 Å². The van der Waals surface area contributed by atoms with Crippen LogP contribution in [0.5, 0.6) is 11.5 Å². The summed E-state index contributed by atoms with van der Waals surface area (Å²) in [6.07, 6.45) is 0. The predicted octanol–water partition coefficient (Wildman–Crippen LogP) is 5.54. The van der Waals surface area contributed by atoms with E-state index in [0.29, 0.717) is 16.3 Å². The molecule has 3 rings (SSSR count). The van der Waals surface area contributed by atoms with Crippen LogP contribution in [0.25, 0.3) is 0 Å². The van der Waals surface area contributed by atoms with Gasteiger partial charge in [-0.1, -0.05) is 47.5 Å². The SMILES string of the molecule is COc1ccc(N(CC(=O)N(Cc2ccc(Cl)c(Cl)c2)[C@@H](C)C(=O)NC(C)(C)C)S(=O)(=O)c2ccccc2)cc1OC. The van der Waals surface area contributed by atoms with Crippen LogP contribution in [0, 0.1) is 0 Å². The predicted molar refractivity (Wildman–Crippen MR) is 165 cm³/mol. The topological polar surface area (TPSA) is 105 Å².